The topological polar surface area (TPSA) is 69.2 Å². The number of carboxylic acid groups (broad SMARTS) is 1. The summed E-state index contributed by atoms with van der Waals surface area (Å²) in [6, 6.07) is 4.15. The van der Waals surface area contributed by atoms with E-state index in [1.165, 1.54) is 12.1 Å². The minimum absolute atomic E-state index is 0.0200. The van der Waals surface area contributed by atoms with Crippen LogP contribution in [-0.2, 0) is 9.59 Å². The third-order valence-electron chi connectivity index (χ3n) is 1.76. The van der Waals surface area contributed by atoms with Gasteiger partial charge in [0.05, 0.1) is 5.69 Å². The lowest BCUT2D eigenvalue weighted by Crippen LogP contribution is -2.24. The zero-order valence-electron chi connectivity index (χ0n) is 8.13. The zero-order chi connectivity index (χ0) is 12.1. The molecule has 0 saturated carbocycles. The van der Waals surface area contributed by atoms with Crippen LogP contribution in [0.5, 0.6) is 0 Å². The number of halogens is 2. The number of amides is 1. The van der Waals surface area contributed by atoms with Crippen LogP contribution < -0.4 is 10.4 Å². The highest BCUT2D eigenvalue weighted by Crippen LogP contribution is 2.19. The Balaban J connectivity index is 2.59. The van der Waals surface area contributed by atoms with Crippen molar-refractivity contribution in [1.82, 2.24) is 0 Å². The molecule has 1 aromatic carbocycles. The van der Waals surface area contributed by atoms with Crippen molar-refractivity contribution in [3.8, 4) is 0 Å². The highest BCUT2D eigenvalue weighted by atomic mass is 79.9. The fourth-order valence-electron chi connectivity index (χ4n) is 1.02. The number of benzene rings is 1. The molecule has 86 valence electrons. The molecule has 0 atom stereocenters. The maximum Gasteiger partial charge on any atom is 0.224 e. The molecule has 6 heteroatoms. The summed E-state index contributed by atoms with van der Waals surface area (Å²) >= 11 is 3.07. The van der Waals surface area contributed by atoms with Gasteiger partial charge in [-0.2, -0.15) is 0 Å². The van der Waals surface area contributed by atoms with Crippen LogP contribution in [-0.4, -0.2) is 11.9 Å². The van der Waals surface area contributed by atoms with Crippen LogP contribution in [0.15, 0.2) is 22.7 Å². The van der Waals surface area contributed by atoms with E-state index in [0.29, 0.717) is 4.47 Å². The SMILES string of the molecule is O=C([O-])CCC(=O)Nc1ccc(Br)cc1F. The van der Waals surface area contributed by atoms with Crippen molar-refractivity contribution in [2.75, 3.05) is 5.32 Å². The van der Waals surface area contributed by atoms with Gasteiger partial charge in [-0.05, 0) is 24.6 Å². The van der Waals surface area contributed by atoms with Crippen LogP contribution in [0.3, 0.4) is 0 Å². The molecule has 1 aromatic rings. The zero-order valence-corrected chi connectivity index (χ0v) is 9.71. The van der Waals surface area contributed by atoms with Crippen molar-refractivity contribution >= 4 is 33.5 Å². The number of carbonyl (C=O) groups excluding carboxylic acids is 2. The molecule has 0 spiro atoms. The molecule has 0 aliphatic heterocycles. The highest BCUT2D eigenvalue weighted by Gasteiger charge is 2.07. The molecule has 0 saturated heterocycles. The molecule has 1 N–H and O–H groups in total. The number of carboxylic acids is 1. The predicted molar refractivity (Wildman–Crippen MR) is 57.0 cm³/mol. The first-order chi connectivity index (χ1) is 7.49. The Morgan fingerprint density at radius 1 is 1.38 bits per heavy atom. The van der Waals surface area contributed by atoms with E-state index in [4.69, 9.17) is 0 Å². The average Bonchev–Trinajstić information content (AvgIpc) is 2.19. The lowest BCUT2D eigenvalue weighted by atomic mass is 10.2. The third kappa shape index (κ3) is 3.98. The Labute approximate surface area is 99.6 Å². The molecule has 0 unspecified atom stereocenters. The summed E-state index contributed by atoms with van der Waals surface area (Å²) in [5, 5.41) is 12.4. The first-order valence-corrected chi connectivity index (χ1v) is 5.23. The number of aliphatic carboxylic acids is 1. The lowest BCUT2D eigenvalue weighted by molar-refractivity contribution is -0.305. The van der Waals surface area contributed by atoms with Crippen molar-refractivity contribution in [3.63, 3.8) is 0 Å². The second-order valence-electron chi connectivity index (χ2n) is 3.04. The normalized spacial score (nSPS) is 9.88. The molecular weight excluding hydrogens is 281 g/mol. The summed E-state index contributed by atoms with van der Waals surface area (Å²) in [6.45, 7) is 0. The molecule has 0 bridgehead atoms. The quantitative estimate of drug-likeness (QED) is 0.901. The summed E-state index contributed by atoms with van der Waals surface area (Å²) in [5.74, 6) is -2.46. The third-order valence-corrected chi connectivity index (χ3v) is 2.25. The van der Waals surface area contributed by atoms with Crippen LogP contribution in [0.2, 0.25) is 0 Å². The summed E-state index contributed by atoms with van der Waals surface area (Å²) in [6.07, 6.45) is -0.623. The van der Waals surface area contributed by atoms with Gasteiger partial charge in [-0.25, -0.2) is 4.39 Å². The van der Waals surface area contributed by atoms with Gasteiger partial charge in [-0.3, -0.25) is 4.79 Å². The van der Waals surface area contributed by atoms with Gasteiger partial charge in [-0.1, -0.05) is 15.9 Å². The Bertz CT molecular complexity index is 423. The number of nitrogens with one attached hydrogen (secondary N) is 1. The van der Waals surface area contributed by atoms with Gasteiger partial charge in [0.1, 0.15) is 5.82 Å². The van der Waals surface area contributed by atoms with Gasteiger partial charge >= 0.3 is 0 Å². The first kappa shape index (κ1) is 12.6. The molecule has 16 heavy (non-hydrogen) atoms. The summed E-state index contributed by atoms with van der Waals surface area (Å²) < 4.78 is 13.8. The Morgan fingerprint density at radius 2 is 2.06 bits per heavy atom. The van der Waals surface area contributed by atoms with Gasteiger partial charge in [0.25, 0.3) is 0 Å². The molecule has 0 aliphatic carbocycles. The Hall–Kier alpha value is -1.43. The van der Waals surface area contributed by atoms with Gasteiger partial charge in [0.2, 0.25) is 5.91 Å². The number of carbonyl (C=O) groups is 2. The molecule has 0 fully saturated rings. The van der Waals surface area contributed by atoms with E-state index < -0.39 is 17.7 Å². The standard InChI is InChI=1S/C10H9BrFNO3/c11-6-1-2-8(7(12)5-6)13-9(14)3-4-10(15)16/h1-2,5H,3-4H2,(H,13,14)(H,15,16)/p-1. The summed E-state index contributed by atoms with van der Waals surface area (Å²) in [5.41, 5.74) is 0.0200. The molecule has 1 rings (SSSR count). The molecular formula is C10H8BrFNO3-. The number of hydrogen-bond donors (Lipinski definition) is 1. The van der Waals surface area contributed by atoms with Gasteiger partial charge in [0.15, 0.2) is 0 Å². The Morgan fingerprint density at radius 3 is 2.62 bits per heavy atom. The van der Waals surface area contributed by atoms with Crippen LogP contribution in [0.4, 0.5) is 10.1 Å². The Kier molecular flexibility index (Phi) is 4.42. The maximum absolute atomic E-state index is 13.2. The fourth-order valence-corrected chi connectivity index (χ4v) is 1.35. The minimum atomic E-state index is -1.31. The van der Waals surface area contributed by atoms with Gasteiger partial charge < -0.3 is 15.2 Å². The minimum Gasteiger partial charge on any atom is -0.550 e. The van der Waals surface area contributed by atoms with Crippen molar-refractivity contribution in [2.45, 2.75) is 12.8 Å². The number of hydrogen-bond acceptors (Lipinski definition) is 3. The monoisotopic (exact) mass is 288 g/mol. The summed E-state index contributed by atoms with van der Waals surface area (Å²) in [4.78, 5) is 21.3. The molecule has 0 radical (unpaired) electrons. The van der Waals surface area contributed by atoms with Crippen LogP contribution in [0.1, 0.15) is 12.8 Å². The molecule has 1 amide bonds. The second-order valence-corrected chi connectivity index (χ2v) is 3.96. The molecule has 4 nitrogen and oxygen atoms in total. The van der Waals surface area contributed by atoms with E-state index in [2.05, 4.69) is 21.2 Å². The van der Waals surface area contributed by atoms with E-state index >= 15 is 0 Å². The maximum atomic E-state index is 13.2. The largest absolute Gasteiger partial charge is 0.550 e. The smallest absolute Gasteiger partial charge is 0.224 e. The van der Waals surface area contributed by atoms with Crippen molar-refractivity contribution in [2.24, 2.45) is 0 Å². The van der Waals surface area contributed by atoms with E-state index in [-0.39, 0.29) is 18.5 Å². The van der Waals surface area contributed by atoms with E-state index in [1.54, 1.807) is 6.07 Å². The lowest BCUT2D eigenvalue weighted by Gasteiger charge is -2.06. The highest BCUT2D eigenvalue weighted by molar-refractivity contribution is 9.10. The first-order valence-electron chi connectivity index (χ1n) is 4.44. The summed E-state index contributed by atoms with van der Waals surface area (Å²) in [7, 11) is 0. The molecule has 0 aliphatic rings. The van der Waals surface area contributed by atoms with Crippen LogP contribution >= 0.6 is 15.9 Å². The van der Waals surface area contributed by atoms with Crippen molar-refractivity contribution in [1.29, 1.82) is 0 Å². The van der Waals surface area contributed by atoms with Crippen LogP contribution in [0.25, 0.3) is 0 Å². The van der Waals surface area contributed by atoms with Crippen molar-refractivity contribution in [3.05, 3.63) is 28.5 Å². The van der Waals surface area contributed by atoms with Gasteiger partial charge in [-0.15, -0.1) is 0 Å². The van der Waals surface area contributed by atoms with Crippen LogP contribution in [0, 0.1) is 5.82 Å². The van der Waals surface area contributed by atoms with Gasteiger partial charge in [0, 0.05) is 16.9 Å². The van der Waals surface area contributed by atoms with Crippen molar-refractivity contribution < 1.29 is 19.1 Å². The van der Waals surface area contributed by atoms with E-state index in [0.717, 1.165) is 0 Å². The molecule has 0 heterocycles. The van der Waals surface area contributed by atoms with E-state index in [9.17, 15) is 19.1 Å². The molecule has 0 aromatic heterocycles. The van der Waals surface area contributed by atoms with E-state index in [1.807, 2.05) is 0 Å². The average molecular weight is 289 g/mol. The number of rotatable bonds is 4. The second kappa shape index (κ2) is 5.60. The number of anilines is 1. The predicted octanol–water partition coefficient (Wildman–Crippen LogP) is 1.06. The fraction of sp³-hybridized carbons (Fsp3) is 0.200.